The van der Waals surface area contributed by atoms with Crippen LogP contribution in [0.3, 0.4) is 0 Å². The summed E-state index contributed by atoms with van der Waals surface area (Å²) in [6, 6.07) is 7.08. The normalized spacial score (nSPS) is 14.9. The molecule has 0 saturated heterocycles. The van der Waals surface area contributed by atoms with Crippen molar-refractivity contribution in [2.45, 2.75) is 31.8 Å². The first-order chi connectivity index (χ1) is 9.42. The lowest BCUT2D eigenvalue weighted by atomic mass is 10.2. The van der Waals surface area contributed by atoms with Gasteiger partial charge in [-0.3, -0.25) is 9.97 Å². The van der Waals surface area contributed by atoms with Crippen molar-refractivity contribution >= 4 is 11.0 Å². The van der Waals surface area contributed by atoms with Gasteiger partial charge in [-0.1, -0.05) is 6.07 Å². The van der Waals surface area contributed by atoms with Gasteiger partial charge in [0.2, 0.25) is 0 Å². The van der Waals surface area contributed by atoms with Crippen molar-refractivity contribution < 1.29 is 0 Å². The van der Waals surface area contributed by atoms with Crippen LogP contribution >= 0.6 is 0 Å². The molecule has 1 fully saturated rings. The maximum atomic E-state index is 4.33. The van der Waals surface area contributed by atoms with Gasteiger partial charge in [0.1, 0.15) is 0 Å². The molecule has 1 aliphatic rings. The Labute approximate surface area is 113 Å². The summed E-state index contributed by atoms with van der Waals surface area (Å²) >= 11 is 0. The Bertz CT molecular complexity index is 536. The number of benzene rings is 1. The number of aromatic nitrogens is 2. The third-order valence-electron chi connectivity index (χ3n) is 3.40. The number of hydrogen-bond acceptors (Lipinski definition) is 4. The van der Waals surface area contributed by atoms with Crippen LogP contribution in [0.4, 0.5) is 0 Å². The number of nitrogens with zero attached hydrogens (tertiary/aromatic N) is 2. The number of rotatable bonds is 7. The van der Waals surface area contributed by atoms with Crippen molar-refractivity contribution in [3.8, 4) is 0 Å². The topological polar surface area (TPSA) is 49.8 Å². The van der Waals surface area contributed by atoms with E-state index in [-0.39, 0.29) is 0 Å². The predicted molar refractivity (Wildman–Crippen MR) is 76.9 cm³/mol. The molecule has 0 atom stereocenters. The molecule has 0 aliphatic heterocycles. The zero-order valence-corrected chi connectivity index (χ0v) is 11.1. The van der Waals surface area contributed by atoms with E-state index < -0.39 is 0 Å². The predicted octanol–water partition coefficient (Wildman–Crippen LogP) is 1.86. The highest BCUT2D eigenvalue weighted by atomic mass is 14.9. The van der Waals surface area contributed by atoms with Gasteiger partial charge in [0, 0.05) is 25.0 Å². The van der Waals surface area contributed by atoms with E-state index >= 15 is 0 Å². The van der Waals surface area contributed by atoms with E-state index in [2.05, 4.69) is 32.7 Å². The highest BCUT2D eigenvalue weighted by Crippen LogP contribution is 2.18. The summed E-state index contributed by atoms with van der Waals surface area (Å²) in [5.41, 5.74) is 3.19. The first-order valence-corrected chi connectivity index (χ1v) is 7.05. The van der Waals surface area contributed by atoms with Gasteiger partial charge in [0.15, 0.2) is 0 Å². The van der Waals surface area contributed by atoms with Crippen molar-refractivity contribution in [2.24, 2.45) is 0 Å². The van der Waals surface area contributed by atoms with Crippen LogP contribution in [-0.4, -0.2) is 29.1 Å². The van der Waals surface area contributed by atoms with E-state index in [1.54, 1.807) is 12.4 Å². The maximum Gasteiger partial charge on any atom is 0.0890 e. The average Bonchev–Trinajstić information content (AvgIpc) is 3.27. The van der Waals surface area contributed by atoms with E-state index in [0.717, 1.165) is 36.7 Å². The Hall–Kier alpha value is -1.52. The molecule has 0 unspecified atom stereocenters. The van der Waals surface area contributed by atoms with Crippen LogP contribution < -0.4 is 10.6 Å². The molecule has 0 amide bonds. The Balaban J connectivity index is 1.42. The lowest BCUT2D eigenvalue weighted by molar-refractivity contribution is 0.593. The van der Waals surface area contributed by atoms with Gasteiger partial charge in [-0.05, 0) is 50.0 Å². The Morgan fingerprint density at radius 2 is 1.89 bits per heavy atom. The van der Waals surface area contributed by atoms with Gasteiger partial charge in [0.05, 0.1) is 11.0 Å². The van der Waals surface area contributed by atoms with Crippen molar-refractivity contribution in [3.05, 3.63) is 36.2 Å². The monoisotopic (exact) mass is 256 g/mol. The van der Waals surface area contributed by atoms with Crippen LogP contribution in [0.25, 0.3) is 11.0 Å². The second-order valence-corrected chi connectivity index (χ2v) is 5.14. The summed E-state index contributed by atoms with van der Waals surface area (Å²) in [5.74, 6) is 0. The van der Waals surface area contributed by atoms with Crippen molar-refractivity contribution in [1.82, 2.24) is 20.6 Å². The molecule has 2 N–H and O–H groups in total. The molecule has 1 saturated carbocycles. The molecule has 1 aromatic carbocycles. The third kappa shape index (κ3) is 3.72. The third-order valence-corrected chi connectivity index (χ3v) is 3.40. The molecular formula is C15H20N4. The Morgan fingerprint density at radius 1 is 1.05 bits per heavy atom. The first kappa shape index (κ1) is 12.5. The average molecular weight is 256 g/mol. The fourth-order valence-electron chi connectivity index (χ4n) is 2.16. The van der Waals surface area contributed by atoms with E-state index in [9.17, 15) is 0 Å². The van der Waals surface area contributed by atoms with Gasteiger partial charge in [-0.2, -0.15) is 0 Å². The molecule has 4 heteroatoms. The first-order valence-electron chi connectivity index (χ1n) is 7.05. The second kappa shape index (κ2) is 6.08. The van der Waals surface area contributed by atoms with Gasteiger partial charge in [-0.25, -0.2) is 0 Å². The van der Waals surface area contributed by atoms with Crippen molar-refractivity contribution in [2.75, 3.05) is 13.1 Å². The summed E-state index contributed by atoms with van der Waals surface area (Å²) in [4.78, 5) is 8.60. The van der Waals surface area contributed by atoms with Gasteiger partial charge >= 0.3 is 0 Å². The Kier molecular flexibility index (Phi) is 4.01. The fourth-order valence-corrected chi connectivity index (χ4v) is 2.16. The SMILES string of the molecule is c1cnc2cc(CNCCCNC3CC3)ccc2n1. The largest absolute Gasteiger partial charge is 0.314 e. The lowest BCUT2D eigenvalue weighted by Gasteiger charge is -2.06. The zero-order chi connectivity index (χ0) is 12.9. The molecule has 1 aliphatic carbocycles. The van der Waals surface area contributed by atoms with Crippen LogP contribution in [0.1, 0.15) is 24.8 Å². The Morgan fingerprint density at radius 3 is 2.74 bits per heavy atom. The van der Waals surface area contributed by atoms with Gasteiger partial charge < -0.3 is 10.6 Å². The van der Waals surface area contributed by atoms with Crippen LogP contribution in [0.5, 0.6) is 0 Å². The summed E-state index contributed by atoms with van der Waals surface area (Å²) < 4.78 is 0. The van der Waals surface area contributed by atoms with Gasteiger partial charge in [-0.15, -0.1) is 0 Å². The number of hydrogen-bond donors (Lipinski definition) is 2. The molecular weight excluding hydrogens is 236 g/mol. The molecule has 19 heavy (non-hydrogen) atoms. The van der Waals surface area contributed by atoms with E-state index in [1.165, 1.54) is 24.8 Å². The molecule has 1 heterocycles. The van der Waals surface area contributed by atoms with E-state index in [4.69, 9.17) is 0 Å². The number of fused-ring (bicyclic) bond motifs is 1. The van der Waals surface area contributed by atoms with Gasteiger partial charge in [0.25, 0.3) is 0 Å². The second-order valence-electron chi connectivity index (χ2n) is 5.14. The van der Waals surface area contributed by atoms with Crippen LogP contribution in [0, 0.1) is 0 Å². The van der Waals surface area contributed by atoms with Crippen molar-refractivity contribution in [1.29, 1.82) is 0 Å². The summed E-state index contributed by atoms with van der Waals surface area (Å²) in [6.45, 7) is 3.08. The summed E-state index contributed by atoms with van der Waals surface area (Å²) in [6.07, 6.45) is 7.39. The quantitative estimate of drug-likeness (QED) is 0.742. The van der Waals surface area contributed by atoms with Crippen molar-refractivity contribution in [3.63, 3.8) is 0 Å². The number of nitrogens with one attached hydrogen (secondary N) is 2. The maximum absolute atomic E-state index is 4.33. The highest BCUT2D eigenvalue weighted by Gasteiger charge is 2.19. The molecule has 1 aromatic heterocycles. The molecule has 0 spiro atoms. The molecule has 2 aromatic rings. The molecule has 100 valence electrons. The minimum atomic E-state index is 0.819. The summed E-state index contributed by atoms with van der Waals surface area (Å²) in [5, 5.41) is 6.99. The molecule has 3 rings (SSSR count). The van der Waals surface area contributed by atoms with E-state index in [1.807, 2.05) is 6.07 Å². The minimum absolute atomic E-state index is 0.819. The molecule has 0 bridgehead atoms. The standard InChI is InChI=1S/C15H20N4/c1(7-17-13-3-4-13)6-16-11-12-2-5-14-15(10-12)19-9-8-18-14/h2,5,8-10,13,16-17H,1,3-4,6-7,11H2. The van der Waals surface area contributed by atoms with Crippen LogP contribution in [0.2, 0.25) is 0 Å². The van der Waals surface area contributed by atoms with E-state index in [0.29, 0.717) is 0 Å². The molecule has 0 radical (unpaired) electrons. The molecule has 4 nitrogen and oxygen atoms in total. The summed E-state index contributed by atoms with van der Waals surface area (Å²) in [7, 11) is 0. The zero-order valence-electron chi connectivity index (χ0n) is 11.1. The highest BCUT2D eigenvalue weighted by molar-refractivity contribution is 5.74. The fraction of sp³-hybridized carbons (Fsp3) is 0.467. The lowest BCUT2D eigenvalue weighted by Crippen LogP contribution is -2.23. The van der Waals surface area contributed by atoms with Crippen LogP contribution in [0.15, 0.2) is 30.6 Å². The smallest absolute Gasteiger partial charge is 0.0890 e. The minimum Gasteiger partial charge on any atom is -0.314 e. The van der Waals surface area contributed by atoms with Crippen LogP contribution in [-0.2, 0) is 6.54 Å².